The third kappa shape index (κ3) is 2.31. The number of nitrogens with one attached hydrogen (secondary N) is 1. The molecule has 3 nitrogen and oxygen atoms in total. The van der Waals surface area contributed by atoms with Crippen LogP contribution < -0.4 is 5.73 Å². The van der Waals surface area contributed by atoms with Crippen molar-refractivity contribution in [2.45, 2.75) is 25.8 Å². The SMILES string of the molecule is CCC[C@@H](N)c1ncc(-c2ccccc2)[nH]1. The Labute approximate surface area is 95.7 Å². The van der Waals surface area contributed by atoms with Gasteiger partial charge in [0.1, 0.15) is 5.82 Å². The predicted molar refractivity (Wildman–Crippen MR) is 65.9 cm³/mol. The zero-order valence-corrected chi connectivity index (χ0v) is 9.48. The van der Waals surface area contributed by atoms with Crippen LogP contribution in [-0.4, -0.2) is 9.97 Å². The molecule has 1 atom stereocenters. The lowest BCUT2D eigenvalue weighted by Gasteiger charge is -2.05. The zero-order valence-electron chi connectivity index (χ0n) is 9.48. The van der Waals surface area contributed by atoms with Gasteiger partial charge in [0.15, 0.2) is 0 Å². The summed E-state index contributed by atoms with van der Waals surface area (Å²) in [5, 5.41) is 0. The fourth-order valence-corrected chi connectivity index (χ4v) is 1.74. The molecule has 0 unspecified atom stereocenters. The molecule has 0 radical (unpaired) electrons. The number of aromatic nitrogens is 2. The van der Waals surface area contributed by atoms with Gasteiger partial charge in [-0.1, -0.05) is 43.7 Å². The van der Waals surface area contributed by atoms with Crippen molar-refractivity contribution in [2.75, 3.05) is 0 Å². The van der Waals surface area contributed by atoms with Crippen molar-refractivity contribution in [3.8, 4) is 11.3 Å². The normalized spacial score (nSPS) is 12.6. The van der Waals surface area contributed by atoms with Crippen LogP contribution in [0, 0.1) is 0 Å². The number of H-pyrrole nitrogens is 1. The molecule has 0 aliphatic heterocycles. The van der Waals surface area contributed by atoms with Gasteiger partial charge >= 0.3 is 0 Å². The van der Waals surface area contributed by atoms with E-state index in [0.29, 0.717) is 0 Å². The summed E-state index contributed by atoms with van der Waals surface area (Å²) in [4.78, 5) is 7.61. The van der Waals surface area contributed by atoms with Crippen LogP contribution in [-0.2, 0) is 0 Å². The van der Waals surface area contributed by atoms with Crippen LogP contribution in [0.4, 0.5) is 0 Å². The lowest BCUT2D eigenvalue weighted by atomic mass is 10.1. The average Bonchev–Trinajstić information content (AvgIpc) is 2.80. The van der Waals surface area contributed by atoms with Gasteiger partial charge in [0.05, 0.1) is 17.9 Å². The van der Waals surface area contributed by atoms with Gasteiger partial charge in [-0.15, -0.1) is 0 Å². The molecular weight excluding hydrogens is 198 g/mol. The Morgan fingerprint density at radius 3 is 2.75 bits per heavy atom. The number of nitrogens with zero attached hydrogens (tertiary/aromatic N) is 1. The van der Waals surface area contributed by atoms with Crippen molar-refractivity contribution in [2.24, 2.45) is 5.73 Å². The van der Waals surface area contributed by atoms with Crippen molar-refractivity contribution in [3.63, 3.8) is 0 Å². The molecule has 0 spiro atoms. The highest BCUT2D eigenvalue weighted by Gasteiger charge is 2.09. The minimum Gasteiger partial charge on any atom is -0.341 e. The average molecular weight is 215 g/mol. The van der Waals surface area contributed by atoms with Crippen LogP contribution in [0.1, 0.15) is 31.6 Å². The predicted octanol–water partition coefficient (Wildman–Crippen LogP) is 2.88. The summed E-state index contributed by atoms with van der Waals surface area (Å²) >= 11 is 0. The second-order valence-electron chi connectivity index (χ2n) is 3.94. The Balaban J connectivity index is 2.20. The van der Waals surface area contributed by atoms with E-state index in [1.807, 2.05) is 24.4 Å². The molecular formula is C13H17N3. The van der Waals surface area contributed by atoms with Gasteiger partial charge in [-0.05, 0) is 12.0 Å². The smallest absolute Gasteiger partial charge is 0.123 e. The molecule has 1 aromatic carbocycles. The van der Waals surface area contributed by atoms with E-state index in [2.05, 4.69) is 29.0 Å². The summed E-state index contributed by atoms with van der Waals surface area (Å²) in [5.41, 5.74) is 8.18. The van der Waals surface area contributed by atoms with Crippen LogP contribution in [0.15, 0.2) is 36.5 Å². The molecule has 1 aromatic heterocycles. The summed E-state index contributed by atoms with van der Waals surface area (Å²) in [7, 11) is 0. The maximum absolute atomic E-state index is 6.00. The van der Waals surface area contributed by atoms with Gasteiger partial charge in [-0.2, -0.15) is 0 Å². The quantitative estimate of drug-likeness (QED) is 0.824. The summed E-state index contributed by atoms with van der Waals surface area (Å²) in [6, 6.07) is 10.2. The third-order valence-corrected chi connectivity index (χ3v) is 2.63. The van der Waals surface area contributed by atoms with Gasteiger partial charge in [-0.3, -0.25) is 0 Å². The van der Waals surface area contributed by atoms with E-state index < -0.39 is 0 Å². The van der Waals surface area contributed by atoms with Crippen molar-refractivity contribution >= 4 is 0 Å². The minimum atomic E-state index is 0.0162. The van der Waals surface area contributed by atoms with Crippen molar-refractivity contribution in [1.29, 1.82) is 0 Å². The second kappa shape index (κ2) is 4.94. The maximum atomic E-state index is 6.00. The van der Waals surface area contributed by atoms with Gasteiger partial charge in [-0.25, -0.2) is 4.98 Å². The van der Waals surface area contributed by atoms with Crippen molar-refractivity contribution in [3.05, 3.63) is 42.4 Å². The fourth-order valence-electron chi connectivity index (χ4n) is 1.74. The molecule has 84 valence electrons. The lowest BCUT2D eigenvalue weighted by molar-refractivity contribution is 0.609. The fraction of sp³-hybridized carbons (Fsp3) is 0.308. The van der Waals surface area contributed by atoms with Gasteiger partial charge in [0, 0.05) is 0 Å². The first kappa shape index (κ1) is 10.9. The van der Waals surface area contributed by atoms with Crippen LogP contribution in [0.3, 0.4) is 0 Å². The molecule has 0 fully saturated rings. The maximum Gasteiger partial charge on any atom is 0.123 e. The monoisotopic (exact) mass is 215 g/mol. The summed E-state index contributed by atoms with van der Waals surface area (Å²) < 4.78 is 0. The highest BCUT2D eigenvalue weighted by Crippen LogP contribution is 2.19. The van der Waals surface area contributed by atoms with E-state index in [1.165, 1.54) is 0 Å². The second-order valence-corrected chi connectivity index (χ2v) is 3.94. The number of imidazole rings is 1. The highest BCUT2D eigenvalue weighted by molar-refractivity contribution is 5.58. The topological polar surface area (TPSA) is 54.7 Å². The van der Waals surface area contributed by atoms with Crippen molar-refractivity contribution < 1.29 is 0 Å². The van der Waals surface area contributed by atoms with Crippen molar-refractivity contribution in [1.82, 2.24) is 9.97 Å². The summed E-state index contributed by atoms with van der Waals surface area (Å²) in [6.07, 6.45) is 3.88. The molecule has 2 rings (SSSR count). The standard InChI is InChI=1S/C13H17N3/c1-2-6-11(14)13-15-9-12(16-13)10-7-4-3-5-8-10/h3-5,7-9,11H,2,6,14H2,1H3,(H,15,16)/t11-/m1/s1. The lowest BCUT2D eigenvalue weighted by Crippen LogP contribution is -2.11. The van der Waals surface area contributed by atoms with E-state index in [9.17, 15) is 0 Å². The number of aromatic amines is 1. The van der Waals surface area contributed by atoms with E-state index in [0.717, 1.165) is 29.9 Å². The summed E-state index contributed by atoms with van der Waals surface area (Å²) in [6.45, 7) is 2.13. The first-order chi connectivity index (χ1) is 7.81. The molecule has 2 aromatic rings. The zero-order chi connectivity index (χ0) is 11.4. The minimum absolute atomic E-state index is 0.0162. The summed E-state index contributed by atoms with van der Waals surface area (Å²) in [5.74, 6) is 0.876. The van der Waals surface area contributed by atoms with E-state index >= 15 is 0 Å². The number of hydrogen-bond acceptors (Lipinski definition) is 2. The molecule has 3 heteroatoms. The molecule has 16 heavy (non-hydrogen) atoms. The molecule has 0 aliphatic rings. The first-order valence-electron chi connectivity index (χ1n) is 5.67. The largest absolute Gasteiger partial charge is 0.341 e. The van der Waals surface area contributed by atoms with Crippen LogP contribution >= 0.6 is 0 Å². The van der Waals surface area contributed by atoms with Gasteiger partial charge in [0.25, 0.3) is 0 Å². The highest BCUT2D eigenvalue weighted by atomic mass is 15.0. The molecule has 0 bridgehead atoms. The van der Waals surface area contributed by atoms with Gasteiger partial charge < -0.3 is 10.7 Å². The Kier molecular flexibility index (Phi) is 3.37. The van der Waals surface area contributed by atoms with Gasteiger partial charge in [0.2, 0.25) is 0 Å². The van der Waals surface area contributed by atoms with E-state index in [1.54, 1.807) is 0 Å². The molecule has 3 N–H and O–H groups in total. The Morgan fingerprint density at radius 1 is 1.31 bits per heavy atom. The van der Waals surface area contributed by atoms with Crippen LogP contribution in [0.25, 0.3) is 11.3 Å². The van der Waals surface area contributed by atoms with Crippen LogP contribution in [0.2, 0.25) is 0 Å². The first-order valence-corrected chi connectivity index (χ1v) is 5.67. The van der Waals surface area contributed by atoms with E-state index in [-0.39, 0.29) is 6.04 Å². The number of rotatable bonds is 4. The van der Waals surface area contributed by atoms with E-state index in [4.69, 9.17) is 5.73 Å². The molecule has 0 saturated carbocycles. The molecule has 0 aliphatic carbocycles. The molecule has 0 amide bonds. The number of nitrogens with two attached hydrogens (primary N) is 1. The molecule has 0 saturated heterocycles. The number of benzene rings is 1. The van der Waals surface area contributed by atoms with Crippen LogP contribution in [0.5, 0.6) is 0 Å². The third-order valence-electron chi connectivity index (χ3n) is 2.63. The molecule has 1 heterocycles. The Hall–Kier alpha value is -1.61. The Morgan fingerprint density at radius 2 is 2.06 bits per heavy atom. The number of hydrogen-bond donors (Lipinski definition) is 2. The Bertz CT molecular complexity index is 433.